The second-order valence-corrected chi connectivity index (χ2v) is 13.1. The number of hydrogen-bond donors (Lipinski definition) is 10. The van der Waals surface area contributed by atoms with Gasteiger partial charge in [0.05, 0.1) is 33.0 Å². The topological polar surface area (TPSA) is 305 Å². The fourth-order valence-electron chi connectivity index (χ4n) is 6.45. The number of hydrogen-bond acceptors (Lipinski definition) is 19. The van der Waals surface area contributed by atoms with Crippen LogP contribution in [0.5, 0.6) is 34.5 Å². The number of carbonyl (C=O) groups is 1. The maximum absolute atomic E-state index is 13.6. The van der Waals surface area contributed by atoms with Crippen molar-refractivity contribution >= 4 is 23.0 Å². The summed E-state index contributed by atoms with van der Waals surface area (Å²) in [6.07, 6.45) is -14.2. The predicted octanol–water partition coefficient (Wildman–Crippen LogP) is -0.799. The third kappa shape index (κ3) is 8.11. The van der Waals surface area contributed by atoms with E-state index in [-0.39, 0.29) is 39.9 Å². The van der Waals surface area contributed by atoms with Gasteiger partial charge in [0, 0.05) is 23.8 Å². The van der Waals surface area contributed by atoms with Crippen LogP contribution in [0.4, 0.5) is 0 Å². The van der Waals surface area contributed by atoms with E-state index in [1.54, 1.807) is 0 Å². The Kier molecular flexibility index (Phi) is 12.4. The lowest BCUT2D eigenvalue weighted by Crippen LogP contribution is -2.60. The van der Waals surface area contributed by atoms with Gasteiger partial charge < -0.3 is 83.9 Å². The molecule has 19 nitrogen and oxygen atoms in total. The highest BCUT2D eigenvalue weighted by atomic mass is 16.7. The van der Waals surface area contributed by atoms with E-state index in [0.29, 0.717) is 5.56 Å². The number of benzene rings is 3. The maximum Gasteiger partial charge on any atom is 0.336 e. The second kappa shape index (κ2) is 17.0. The van der Waals surface area contributed by atoms with Crippen molar-refractivity contribution in [2.24, 2.45) is 0 Å². The summed E-state index contributed by atoms with van der Waals surface area (Å²) in [6, 6.07) is 10.6. The molecule has 0 saturated carbocycles. The molecule has 0 aliphatic carbocycles. The lowest BCUT2D eigenvalue weighted by molar-refractivity contribution is -0.277. The summed E-state index contributed by atoms with van der Waals surface area (Å²) in [5.74, 6) is -2.61. The first-order chi connectivity index (χ1) is 27.2. The molecule has 0 amide bonds. The Balaban J connectivity index is 1.37. The van der Waals surface area contributed by atoms with Crippen molar-refractivity contribution in [3.63, 3.8) is 0 Å². The van der Waals surface area contributed by atoms with E-state index in [1.165, 1.54) is 56.7 Å². The van der Waals surface area contributed by atoms with Crippen LogP contribution in [0.3, 0.4) is 0 Å². The summed E-state index contributed by atoms with van der Waals surface area (Å²) in [5, 5.41) is 103. The van der Waals surface area contributed by atoms with Gasteiger partial charge in [-0.1, -0.05) is 0 Å². The molecule has 57 heavy (non-hydrogen) atoms. The number of aliphatic hydroxyl groups is 8. The minimum Gasteiger partial charge on any atom is -0.506 e. The number of phenolic OH excluding ortho intramolecular Hbond substituents is 2. The molecule has 2 aliphatic rings. The van der Waals surface area contributed by atoms with Gasteiger partial charge in [0.25, 0.3) is 0 Å². The summed E-state index contributed by atoms with van der Waals surface area (Å²) in [6.45, 7) is -1.49. The van der Waals surface area contributed by atoms with E-state index in [9.17, 15) is 60.7 Å². The molecule has 3 heterocycles. The van der Waals surface area contributed by atoms with Crippen LogP contribution in [0, 0.1) is 0 Å². The normalized spacial score (nSPS) is 27.7. The first-order valence-electron chi connectivity index (χ1n) is 17.3. The minimum atomic E-state index is -1.97. The Morgan fingerprint density at radius 1 is 0.737 bits per heavy atom. The number of esters is 1. The highest BCUT2D eigenvalue weighted by molar-refractivity contribution is 5.92. The van der Waals surface area contributed by atoms with Crippen LogP contribution in [0.25, 0.3) is 28.4 Å². The Hall–Kier alpha value is -5.32. The summed E-state index contributed by atoms with van der Waals surface area (Å²) in [7, 11) is 2.62. The molecule has 19 heteroatoms. The lowest BCUT2D eigenvalue weighted by atomic mass is 9.89. The predicted molar refractivity (Wildman–Crippen MR) is 193 cm³/mol. The molecule has 2 saturated heterocycles. The average Bonchev–Trinajstić information content (AvgIpc) is 3.20. The number of fused-ring (bicyclic) bond motifs is 1. The van der Waals surface area contributed by atoms with Crippen LogP contribution in [0.15, 0.2) is 63.8 Å². The van der Waals surface area contributed by atoms with E-state index < -0.39 is 108 Å². The van der Waals surface area contributed by atoms with Crippen LogP contribution >= 0.6 is 0 Å². The van der Waals surface area contributed by atoms with Crippen LogP contribution in [-0.4, -0.2) is 140 Å². The van der Waals surface area contributed by atoms with Crippen molar-refractivity contribution in [1.29, 1.82) is 0 Å². The molecule has 306 valence electrons. The second-order valence-electron chi connectivity index (χ2n) is 13.1. The number of aliphatic hydroxyl groups excluding tert-OH is 8. The third-order valence-electron chi connectivity index (χ3n) is 9.54. The molecule has 10 atom stereocenters. The van der Waals surface area contributed by atoms with Gasteiger partial charge in [0.1, 0.15) is 88.9 Å². The summed E-state index contributed by atoms with van der Waals surface area (Å²) in [4.78, 5) is 26.9. The molecular formula is C38H40O19. The summed E-state index contributed by atoms with van der Waals surface area (Å²) in [5.41, 5.74) is -1.01. The standard InChI is InChI=1S/C38H40O19/c1-51-22-9-15(10-23(52-2)29(22)43)3-8-26(42)55-21-12-20-27(32(46)28(21)37-35(49)33(47)30(44)24(13-39)56-37)18(41)11-19(54-20)16-4-6-17(7-5-16)53-38-36(50)34(48)31(45)25(14-40)57-38/h3-12,24-25,30-31,33-40,43-50H,13-14H2,1-2H3/t24-,25-,30-,31-,33+,34+,35-,36-,37+,38-/m1/s1. The molecule has 6 rings (SSSR count). The Morgan fingerprint density at radius 2 is 1.33 bits per heavy atom. The zero-order chi connectivity index (χ0) is 41.3. The van der Waals surface area contributed by atoms with Crippen molar-refractivity contribution in [3.8, 4) is 45.8 Å². The zero-order valence-corrected chi connectivity index (χ0v) is 30.1. The minimum absolute atomic E-state index is 0.0357. The molecule has 2 aliphatic heterocycles. The molecule has 0 radical (unpaired) electrons. The van der Waals surface area contributed by atoms with Gasteiger partial charge in [0.15, 0.2) is 16.9 Å². The molecule has 10 N–H and O–H groups in total. The Labute approximate surface area is 321 Å². The number of carbonyl (C=O) groups excluding carboxylic acids is 1. The summed E-state index contributed by atoms with van der Waals surface area (Å²) < 4.78 is 38.5. The lowest BCUT2D eigenvalue weighted by Gasteiger charge is -2.40. The monoisotopic (exact) mass is 800 g/mol. The first kappa shape index (κ1) is 41.3. The van der Waals surface area contributed by atoms with Gasteiger partial charge in [-0.25, -0.2) is 4.79 Å². The van der Waals surface area contributed by atoms with E-state index in [2.05, 4.69) is 0 Å². The van der Waals surface area contributed by atoms with Gasteiger partial charge in [-0.05, 0) is 48.0 Å². The van der Waals surface area contributed by atoms with Gasteiger partial charge in [0.2, 0.25) is 12.0 Å². The summed E-state index contributed by atoms with van der Waals surface area (Å²) >= 11 is 0. The van der Waals surface area contributed by atoms with Crippen LogP contribution in [-0.2, 0) is 14.3 Å². The fraction of sp³-hybridized carbons (Fsp3) is 0.368. The van der Waals surface area contributed by atoms with Crippen molar-refractivity contribution in [1.82, 2.24) is 0 Å². The highest BCUT2D eigenvalue weighted by Crippen LogP contribution is 2.45. The van der Waals surface area contributed by atoms with E-state index >= 15 is 0 Å². The SMILES string of the molecule is COc1cc(C=CC(=O)Oc2cc3oc(-c4ccc(O[C@@H]5O[C@H](CO)[C@@H](O)[C@H](O)[C@H]5O)cc4)cc(=O)c3c(O)c2[C@@H]2O[C@H](CO)[C@@H](O)[C@H](O)[C@H]2O)cc(OC)c1O. The van der Waals surface area contributed by atoms with Crippen molar-refractivity contribution < 1.29 is 88.7 Å². The first-order valence-corrected chi connectivity index (χ1v) is 17.3. The maximum atomic E-state index is 13.6. The van der Waals surface area contributed by atoms with Crippen LogP contribution in [0.1, 0.15) is 17.2 Å². The zero-order valence-electron chi connectivity index (χ0n) is 30.1. The van der Waals surface area contributed by atoms with Gasteiger partial charge >= 0.3 is 5.97 Å². The highest BCUT2D eigenvalue weighted by Gasteiger charge is 2.47. The molecule has 0 unspecified atom stereocenters. The van der Waals surface area contributed by atoms with Crippen molar-refractivity contribution in [2.45, 2.75) is 61.2 Å². The molecular weight excluding hydrogens is 760 g/mol. The largest absolute Gasteiger partial charge is 0.506 e. The van der Waals surface area contributed by atoms with E-state index in [4.69, 9.17) is 32.8 Å². The Bertz CT molecular complexity index is 2140. The molecule has 4 aromatic rings. The van der Waals surface area contributed by atoms with E-state index in [0.717, 1.165) is 18.2 Å². The van der Waals surface area contributed by atoms with Crippen molar-refractivity contribution in [3.05, 3.63) is 76.0 Å². The number of ether oxygens (including phenoxy) is 6. The smallest absolute Gasteiger partial charge is 0.336 e. The third-order valence-corrected chi connectivity index (χ3v) is 9.54. The van der Waals surface area contributed by atoms with Gasteiger partial charge in [-0.15, -0.1) is 0 Å². The molecule has 0 bridgehead atoms. The number of methoxy groups -OCH3 is 2. The number of aromatic hydroxyl groups is 2. The molecule has 0 spiro atoms. The van der Waals surface area contributed by atoms with Gasteiger partial charge in [-0.3, -0.25) is 4.79 Å². The van der Waals surface area contributed by atoms with E-state index in [1.807, 2.05) is 0 Å². The molecule has 1 aromatic heterocycles. The molecule has 2 fully saturated rings. The number of phenols is 2. The quantitative estimate of drug-likeness (QED) is 0.0504. The van der Waals surface area contributed by atoms with Crippen LogP contribution < -0.4 is 24.4 Å². The Morgan fingerprint density at radius 3 is 1.93 bits per heavy atom. The fourth-order valence-corrected chi connectivity index (χ4v) is 6.45. The van der Waals surface area contributed by atoms with Crippen molar-refractivity contribution in [2.75, 3.05) is 27.4 Å². The van der Waals surface area contributed by atoms with Gasteiger partial charge in [-0.2, -0.15) is 0 Å². The number of rotatable bonds is 11. The average molecular weight is 801 g/mol. The molecule has 3 aromatic carbocycles. The van der Waals surface area contributed by atoms with Crippen LogP contribution in [0.2, 0.25) is 0 Å².